The van der Waals surface area contributed by atoms with E-state index in [1.807, 2.05) is 13.8 Å². The molecule has 50 valence electrons. The highest BCUT2D eigenvalue weighted by Gasteiger charge is 1.80. The molecule has 0 saturated carbocycles. The molecule has 0 heterocycles. The van der Waals surface area contributed by atoms with Crippen LogP contribution in [0.4, 0.5) is 0 Å². The Kier molecular flexibility index (Phi) is 4.69. The summed E-state index contributed by atoms with van der Waals surface area (Å²) in [4.78, 5) is 0. The van der Waals surface area contributed by atoms with Crippen molar-refractivity contribution in [3.8, 4) is 0 Å². The minimum atomic E-state index is 0.277. The largest absolute Gasteiger partial charge is 0.187 e. The molecule has 0 aromatic carbocycles. The Morgan fingerprint density at radius 3 is 2.56 bits per heavy atom. The summed E-state index contributed by atoms with van der Waals surface area (Å²) in [5.41, 5.74) is 0. The van der Waals surface area contributed by atoms with E-state index in [1.165, 1.54) is 0 Å². The zero-order valence-electron chi connectivity index (χ0n) is 5.91. The quantitative estimate of drug-likeness (QED) is 0.408. The lowest BCUT2D eigenvalue weighted by atomic mass is 10.4. The molecular weight excluding hydrogens is 112 g/mol. The van der Waals surface area contributed by atoms with Crippen LogP contribution in [0.1, 0.15) is 13.8 Å². The first kappa shape index (κ1) is 8.08. The van der Waals surface area contributed by atoms with E-state index in [4.69, 9.17) is 0 Å². The van der Waals surface area contributed by atoms with Crippen LogP contribution in [0.25, 0.3) is 0 Å². The Balaban J connectivity index is 3.46. The van der Waals surface area contributed by atoms with Gasteiger partial charge in [0.05, 0.1) is 6.04 Å². The van der Waals surface area contributed by atoms with Gasteiger partial charge >= 0.3 is 0 Å². The minimum Gasteiger partial charge on any atom is -0.187 e. The fourth-order valence-electron chi connectivity index (χ4n) is 0.271. The minimum absolute atomic E-state index is 0.277. The average molecular weight is 124 g/mol. The van der Waals surface area contributed by atoms with Gasteiger partial charge in [0.2, 0.25) is 0 Å². The van der Waals surface area contributed by atoms with E-state index in [-0.39, 0.29) is 6.04 Å². The summed E-state index contributed by atoms with van der Waals surface area (Å²) in [7, 11) is 0. The van der Waals surface area contributed by atoms with Crippen molar-refractivity contribution >= 4 is 0 Å². The van der Waals surface area contributed by atoms with Crippen LogP contribution in [-0.4, -0.2) is 6.04 Å². The predicted octanol–water partition coefficient (Wildman–Crippen LogP) is 2.55. The molecule has 2 heteroatoms. The van der Waals surface area contributed by atoms with Gasteiger partial charge in [-0.3, -0.25) is 0 Å². The van der Waals surface area contributed by atoms with Crippen LogP contribution in [-0.2, 0) is 0 Å². The van der Waals surface area contributed by atoms with Crippen molar-refractivity contribution in [1.82, 2.24) is 0 Å². The van der Waals surface area contributed by atoms with Gasteiger partial charge in [0, 0.05) is 6.20 Å². The number of allylic oxidation sites excluding steroid dienone is 2. The number of azo groups is 1. The van der Waals surface area contributed by atoms with Crippen molar-refractivity contribution < 1.29 is 0 Å². The maximum atomic E-state index is 3.85. The van der Waals surface area contributed by atoms with Gasteiger partial charge in [-0.25, -0.2) is 0 Å². The molecule has 0 atom stereocenters. The predicted molar refractivity (Wildman–Crippen MR) is 39.3 cm³/mol. The highest BCUT2D eigenvalue weighted by atomic mass is 15.1. The molecule has 0 fully saturated rings. The molecule has 0 aromatic rings. The molecule has 0 saturated heterocycles. The number of hydrogen-bond donors (Lipinski definition) is 0. The molecule has 0 aliphatic heterocycles. The van der Waals surface area contributed by atoms with Crippen LogP contribution in [0, 0.1) is 0 Å². The van der Waals surface area contributed by atoms with E-state index in [0.29, 0.717) is 0 Å². The molecule has 0 aliphatic rings. The summed E-state index contributed by atoms with van der Waals surface area (Å²) in [6.07, 6.45) is 5.03. The van der Waals surface area contributed by atoms with Crippen LogP contribution in [0.5, 0.6) is 0 Å². The Bertz CT molecular complexity index is 123. The Hall–Kier alpha value is -0.920. The Labute approximate surface area is 56.0 Å². The Morgan fingerprint density at radius 2 is 2.11 bits per heavy atom. The van der Waals surface area contributed by atoms with Crippen LogP contribution < -0.4 is 0 Å². The first-order valence-corrected chi connectivity index (χ1v) is 2.95. The van der Waals surface area contributed by atoms with E-state index in [2.05, 4.69) is 16.8 Å². The van der Waals surface area contributed by atoms with E-state index in [1.54, 1.807) is 18.4 Å². The first-order chi connectivity index (χ1) is 4.27. The summed E-state index contributed by atoms with van der Waals surface area (Å²) in [5.74, 6) is 0. The fourth-order valence-corrected chi connectivity index (χ4v) is 0.271. The molecular formula is C7H12N2. The van der Waals surface area contributed by atoms with Crippen molar-refractivity contribution in [2.24, 2.45) is 10.2 Å². The highest BCUT2D eigenvalue weighted by Crippen LogP contribution is 1.87. The van der Waals surface area contributed by atoms with Crippen molar-refractivity contribution in [3.63, 3.8) is 0 Å². The fraction of sp³-hybridized carbons (Fsp3) is 0.429. The summed E-state index contributed by atoms with van der Waals surface area (Å²) in [6.45, 7) is 7.44. The van der Waals surface area contributed by atoms with Gasteiger partial charge in [-0.1, -0.05) is 12.7 Å². The van der Waals surface area contributed by atoms with E-state index in [0.717, 1.165) is 0 Å². The van der Waals surface area contributed by atoms with Crippen molar-refractivity contribution in [2.45, 2.75) is 19.9 Å². The van der Waals surface area contributed by atoms with Crippen LogP contribution >= 0.6 is 0 Å². The number of rotatable bonds is 3. The first-order valence-electron chi connectivity index (χ1n) is 2.95. The molecule has 0 rings (SSSR count). The van der Waals surface area contributed by atoms with Gasteiger partial charge in [-0.15, -0.1) is 0 Å². The molecule has 0 N–H and O–H groups in total. The molecule has 0 amide bonds. The van der Waals surface area contributed by atoms with E-state index in [9.17, 15) is 0 Å². The molecule has 9 heavy (non-hydrogen) atoms. The zero-order valence-corrected chi connectivity index (χ0v) is 5.91. The van der Waals surface area contributed by atoms with Crippen LogP contribution in [0.3, 0.4) is 0 Å². The third-order valence-electron chi connectivity index (χ3n) is 0.586. The molecule has 0 unspecified atom stereocenters. The van der Waals surface area contributed by atoms with Gasteiger partial charge in [-0.2, -0.15) is 10.2 Å². The molecule has 2 nitrogen and oxygen atoms in total. The van der Waals surface area contributed by atoms with Gasteiger partial charge < -0.3 is 0 Å². The number of hydrogen-bond acceptors (Lipinski definition) is 2. The molecule has 0 bridgehead atoms. The zero-order chi connectivity index (χ0) is 7.11. The SMILES string of the molecule is C=C/C=C\N=N/C(C)C. The summed E-state index contributed by atoms with van der Waals surface area (Å²) >= 11 is 0. The van der Waals surface area contributed by atoms with Crippen molar-refractivity contribution in [3.05, 3.63) is 24.9 Å². The van der Waals surface area contributed by atoms with Gasteiger partial charge in [-0.05, 0) is 19.9 Å². The second kappa shape index (κ2) is 5.22. The third-order valence-corrected chi connectivity index (χ3v) is 0.586. The normalized spacial score (nSPS) is 11.9. The lowest BCUT2D eigenvalue weighted by Gasteiger charge is -1.87. The topological polar surface area (TPSA) is 24.7 Å². The second-order valence-electron chi connectivity index (χ2n) is 1.90. The highest BCUT2D eigenvalue weighted by molar-refractivity contribution is 4.95. The number of nitrogens with zero attached hydrogens (tertiary/aromatic N) is 2. The summed E-state index contributed by atoms with van der Waals surface area (Å²) < 4.78 is 0. The van der Waals surface area contributed by atoms with Crippen molar-refractivity contribution in [1.29, 1.82) is 0 Å². The van der Waals surface area contributed by atoms with Crippen molar-refractivity contribution in [2.75, 3.05) is 0 Å². The third kappa shape index (κ3) is 7.08. The standard InChI is InChI=1S/C7H12N2/c1-4-5-6-8-9-7(2)3/h4-7H,1H2,2-3H3/b6-5-,9-8-. The average Bonchev–Trinajstić information content (AvgIpc) is 1.80. The maximum Gasteiger partial charge on any atom is 0.0656 e. The van der Waals surface area contributed by atoms with Crippen LogP contribution in [0.2, 0.25) is 0 Å². The Morgan fingerprint density at radius 1 is 1.44 bits per heavy atom. The van der Waals surface area contributed by atoms with Crippen LogP contribution in [0.15, 0.2) is 35.2 Å². The van der Waals surface area contributed by atoms with E-state index >= 15 is 0 Å². The second-order valence-corrected chi connectivity index (χ2v) is 1.90. The summed E-state index contributed by atoms with van der Waals surface area (Å²) in [5, 5.41) is 7.59. The maximum absolute atomic E-state index is 3.85. The van der Waals surface area contributed by atoms with Gasteiger partial charge in [0.25, 0.3) is 0 Å². The molecule has 0 aromatic heterocycles. The lowest BCUT2D eigenvalue weighted by Crippen LogP contribution is -1.83. The van der Waals surface area contributed by atoms with Gasteiger partial charge in [0.1, 0.15) is 0 Å². The molecule has 0 radical (unpaired) electrons. The molecule has 0 aliphatic carbocycles. The van der Waals surface area contributed by atoms with E-state index < -0.39 is 0 Å². The van der Waals surface area contributed by atoms with Gasteiger partial charge in [0.15, 0.2) is 0 Å². The monoisotopic (exact) mass is 124 g/mol. The summed E-state index contributed by atoms with van der Waals surface area (Å²) in [6, 6.07) is 0.277. The smallest absolute Gasteiger partial charge is 0.0656 e. The lowest BCUT2D eigenvalue weighted by molar-refractivity contribution is 0.777. The molecule has 0 spiro atoms.